The highest BCUT2D eigenvalue weighted by atomic mass is 35.5. The summed E-state index contributed by atoms with van der Waals surface area (Å²) in [6.45, 7) is 2.75. The molecule has 0 spiro atoms. The van der Waals surface area contributed by atoms with Crippen LogP contribution in [0.1, 0.15) is 5.56 Å². The number of rotatable bonds is 6. The SMILES string of the molecule is COCCOc1ccc(-c2[nH]c3ccc(Cl)cc3c2C2=NCCN2)cc1.Cl. The van der Waals surface area contributed by atoms with Gasteiger partial charge < -0.3 is 19.8 Å². The summed E-state index contributed by atoms with van der Waals surface area (Å²) in [6.07, 6.45) is 0. The molecule has 0 fully saturated rings. The molecule has 27 heavy (non-hydrogen) atoms. The van der Waals surface area contributed by atoms with Crippen molar-refractivity contribution in [2.75, 3.05) is 33.4 Å². The molecule has 2 aromatic carbocycles. The molecule has 0 amide bonds. The number of H-pyrrole nitrogens is 1. The maximum atomic E-state index is 6.23. The van der Waals surface area contributed by atoms with E-state index in [9.17, 15) is 0 Å². The zero-order chi connectivity index (χ0) is 17.9. The van der Waals surface area contributed by atoms with E-state index in [1.165, 1.54) is 0 Å². The Kier molecular flexibility index (Phi) is 6.26. The fourth-order valence-electron chi connectivity index (χ4n) is 3.15. The van der Waals surface area contributed by atoms with Crippen LogP contribution in [0.4, 0.5) is 0 Å². The van der Waals surface area contributed by atoms with Gasteiger partial charge in [-0.3, -0.25) is 4.99 Å². The molecule has 0 saturated carbocycles. The first-order valence-electron chi connectivity index (χ1n) is 8.58. The number of nitrogens with zero attached hydrogens (tertiary/aromatic N) is 1. The molecule has 0 bridgehead atoms. The molecule has 2 N–H and O–H groups in total. The van der Waals surface area contributed by atoms with Gasteiger partial charge in [-0.15, -0.1) is 12.4 Å². The zero-order valence-electron chi connectivity index (χ0n) is 14.9. The van der Waals surface area contributed by atoms with E-state index in [2.05, 4.69) is 15.3 Å². The number of aromatic amines is 1. The van der Waals surface area contributed by atoms with E-state index in [0.29, 0.717) is 18.2 Å². The lowest BCUT2D eigenvalue weighted by Crippen LogP contribution is -2.19. The maximum absolute atomic E-state index is 6.23. The van der Waals surface area contributed by atoms with Crippen molar-refractivity contribution in [1.82, 2.24) is 10.3 Å². The van der Waals surface area contributed by atoms with Crippen LogP contribution in [0.3, 0.4) is 0 Å². The molecule has 4 rings (SSSR count). The molecule has 3 aromatic rings. The van der Waals surface area contributed by atoms with Crippen LogP contribution in [0, 0.1) is 0 Å². The summed E-state index contributed by atoms with van der Waals surface area (Å²) >= 11 is 6.23. The van der Waals surface area contributed by atoms with Crippen LogP contribution in [-0.4, -0.2) is 44.2 Å². The van der Waals surface area contributed by atoms with Crippen LogP contribution >= 0.6 is 24.0 Å². The van der Waals surface area contributed by atoms with Crippen LogP contribution in [-0.2, 0) is 4.74 Å². The number of hydrogen-bond acceptors (Lipinski definition) is 4. The third-order valence-corrected chi connectivity index (χ3v) is 4.61. The van der Waals surface area contributed by atoms with Crippen molar-refractivity contribution >= 4 is 40.7 Å². The fourth-order valence-corrected chi connectivity index (χ4v) is 3.32. The molecule has 1 aliphatic heterocycles. The van der Waals surface area contributed by atoms with Crippen LogP contribution in [0.25, 0.3) is 22.2 Å². The Bertz CT molecular complexity index is 952. The second-order valence-electron chi connectivity index (χ2n) is 6.09. The molecule has 1 aliphatic rings. The molecule has 2 heterocycles. The predicted molar refractivity (Wildman–Crippen MR) is 113 cm³/mol. The number of benzene rings is 2. The van der Waals surface area contributed by atoms with Gasteiger partial charge in [0, 0.05) is 35.1 Å². The van der Waals surface area contributed by atoms with E-state index in [1.54, 1.807) is 7.11 Å². The standard InChI is InChI=1S/C20H20ClN3O2.ClH/c1-25-10-11-26-15-5-2-13(3-6-15)19-18(20-22-8-9-23-20)16-12-14(21)4-7-17(16)24-19;/h2-7,12,24H,8-11H2,1H3,(H,22,23);1H. The molecule has 7 heteroatoms. The number of hydrogen-bond donors (Lipinski definition) is 2. The molecule has 142 valence electrons. The van der Waals surface area contributed by atoms with Gasteiger partial charge in [0.15, 0.2) is 0 Å². The monoisotopic (exact) mass is 405 g/mol. The molecule has 0 radical (unpaired) electrons. The summed E-state index contributed by atoms with van der Waals surface area (Å²) in [6, 6.07) is 13.9. The Morgan fingerprint density at radius 2 is 1.93 bits per heavy atom. The first kappa shape index (κ1) is 19.5. The summed E-state index contributed by atoms with van der Waals surface area (Å²) in [4.78, 5) is 8.13. The lowest BCUT2D eigenvalue weighted by atomic mass is 10.0. The topological polar surface area (TPSA) is 58.6 Å². The van der Waals surface area contributed by atoms with E-state index < -0.39 is 0 Å². The van der Waals surface area contributed by atoms with Gasteiger partial charge >= 0.3 is 0 Å². The summed E-state index contributed by atoms with van der Waals surface area (Å²) in [5, 5.41) is 5.16. The van der Waals surface area contributed by atoms with Crippen molar-refractivity contribution < 1.29 is 9.47 Å². The van der Waals surface area contributed by atoms with Crippen LogP contribution in [0.15, 0.2) is 47.5 Å². The number of ether oxygens (including phenoxy) is 2. The van der Waals surface area contributed by atoms with Crippen molar-refractivity contribution in [1.29, 1.82) is 0 Å². The quantitative estimate of drug-likeness (QED) is 0.601. The van der Waals surface area contributed by atoms with Gasteiger partial charge in [0.25, 0.3) is 0 Å². The lowest BCUT2D eigenvalue weighted by molar-refractivity contribution is 0.146. The largest absolute Gasteiger partial charge is 0.491 e. The van der Waals surface area contributed by atoms with Gasteiger partial charge in [-0.2, -0.15) is 0 Å². The van der Waals surface area contributed by atoms with Crippen molar-refractivity contribution in [3.05, 3.63) is 53.1 Å². The second kappa shape index (κ2) is 8.65. The van der Waals surface area contributed by atoms with Gasteiger partial charge in [-0.25, -0.2) is 0 Å². The zero-order valence-corrected chi connectivity index (χ0v) is 16.5. The number of halogens is 2. The van der Waals surface area contributed by atoms with E-state index in [4.69, 9.17) is 21.1 Å². The number of aromatic nitrogens is 1. The normalized spacial score (nSPS) is 13.2. The van der Waals surface area contributed by atoms with Crippen molar-refractivity contribution in [2.45, 2.75) is 0 Å². The molecular formula is C20H21Cl2N3O2. The van der Waals surface area contributed by atoms with Crippen LogP contribution < -0.4 is 10.1 Å². The summed E-state index contributed by atoms with van der Waals surface area (Å²) < 4.78 is 10.7. The highest BCUT2D eigenvalue weighted by Gasteiger charge is 2.20. The number of fused-ring (bicyclic) bond motifs is 1. The predicted octanol–water partition coefficient (Wildman–Crippen LogP) is 4.29. The van der Waals surface area contributed by atoms with Crippen LogP contribution in [0.5, 0.6) is 5.75 Å². The number of methoxy groups -OCH3 is 1. The first-order valence-corrected chi connectivity index (χ1v) is 8.96. The Morgan fingerprint density at radius 1 is 1.11 bits per heavy atom. The van der Waals surface area contributed by atoms with E-state index in [-0.39, 0.29) is 12.4 Å². The van der Waals surface area contributed by atoms with E-state index in [0.717, 1.165) is 52.4 Å². The molecule has 1 aromatic heterocycles. The molecule has 5 nitrogen and oxygen atoms in total. The summed E-state index contributed by atoms with van der Waals surface area (Å²) in [7, 11) is 1.66. The van der Waals surface area contributed by atoms with Crippen molar-refractivity contribution in [3.63, 3.8) is 0 Å². The maximum Gasteiger partial charge on any atom is 0.131 e. The second-order valence-corrected chi connectivity index (χ2v) is 6.52. The van der Waals surface area contributed by atoms with Crippen molar-refractivity contribution in [2.24, 2.45) is 4.99 Å². The third-order valence-electron chi connectivity index (χ3n) is 4.37. The van der Waals surface area contributed by atoms with Gasteiger partial charge in [-0.05, 0) is 48.0 Å². The number of amidine groups is 1. The highest BCUT2D eigenvalue weighted by Crippen LogP contribution is 2.33. The fraction of sp³-hybridized carbons (Fsp3) is 0.250. The summed E-state index contributed by atoms with van der Waals surface area (Å²) in [5.74, 6) is 1.73. The molecule has 0 atom stereocenters. The average molecular weight is 406 g/mol. The van der Waals surface area contributed by atoms with Gasteiger partial charge in [-0.1, -0.05) is 11.6 Å². The van der Waals surface area contributed by atoms with E-state index in [1.807, 2.05) is 42.5 Å². The number of aliphatic imine (C=N–C) groups is 1. The Labute approximate surface area is 169 Å². The molecule has 0 aliphatic carbocycles. The first-order chi connectivity index (χ1) is 12.8. The molecule has 0 unspecified atom stereocenters. The van der Waals surface area contributed by atoms with Gasteiger partial charge in [0.1, 0.15) is 18.2 Å². The Balaban J connectivity index is 0.00000210. The Hall–Kier alpha value is -2.21. The van der Waals surface area contributed by atoms with Gasteiger partial charge in [0.2, 0.25) is 0 Å². The number of nitrogens with one attached hydrogen (secondary N) is 2. The smallest absolute Gasteiger partial charge is 0.131 e. The minimum absolute atomic E-state index is 0. The van der Waals surface area contributed by atoms with E-state index >= 15 is 0 Å². The lowest BCUT2D eigenvalue weighted by Gasteiger charge is -2.08. The average Bonchev–Trinajstić information content (AvgIpc) is 3.29. The highest BCUT2D eigenvalue weighted by molar-refractivity contribution is 6.31. The molecular weight excluding hydrogens is 385 g/mol. The van der Waals surface area contributed by atoms with Crippen molar-refractivity contribution in [3.8, 4) is 17.0 Å². The minimum Gasteiger partial charge on any atom is -0.491 e. The van der Waals surface area contributed by atoms with Gasteiger partial charge in [0.05, 0.1) is 18.8 Å². The third kappa shape index (κ3) is 4.05. The van der Waals surface area contributed by atoms with Crippen LogP contribution in [0.2, 0.25) is 5.02 Å². The molecule has 0 saturated heterocycles. The Morgan fingerprint density at radius 3 is 2.63 bits per heavy atom. The minimum atomic E-state index is 0. The summed E-state index contributed by atoms with van der Waals surface area (Å²) in [5.41, 5.74) is 4.20.